The first-order chi connectivity index (χ1) is 11.9. The van der Waals surface area contributed by atoms with Gasteiger partial charge in [0.05, 0.1) is 5.69 Å². The van der Waals surface area contributed by atoms with Crippen LogP contribution in [0.15, 0.2) is 54.6 Å². The van der Waals surface area contributed by atoms with Crippen LogP contribution < -0.4 is 4.90 Å². The molecule has 2 aromatic rings. The number of benzene rings is 2. The second kappa shape index (κ2) is 6.67. The molecule has 0 aromatic heterocycles. The fourth-order valence-electron chi connectivity index (χ4n) is 3.13. The van der Waals surface area contributed by atoms with Gasteiger partial charge in [-0.1, -0.05) is 58.0 Å². The monoisotopic (exact) mass is 333 g/mol. The Hall–Kier alpha value is -2.68. The number of rotatable bonds is 4. The fourth-order valence-corrected chi connectivity index (χ4v) is 3.13. The summed E-state index contributed by atoms with van der Waals surface area (Å²) in [6, 6.07) is 14.3. The number of imide groups is 1. The Labute approximate surface area is 149 Å². The van der Waals surface area contributed by atoms with Crippen LogP contribution in [0, 0.1) is 0 Å². The van der Waals surface area contributed by atoms with Crippen LogP contribution in [0.2, 0.25) is 0 Å². The molecular weight excluding hydrogens is 310 g/mol. The minimum Gasteiger partial charge on any atom is -0.269 e. The van der Waals surface area contributed by atoms with Gasteiger partial charge in [0.25, 0.3) is 11.8 Å². The standard InChI is InChI=1S/C22H23NO2/c1-14(2)17-7-10-19(15(3)4)20(13-17)16-5-8-18(9-6-16)23-21(24)11-12-22(23)25/h5-15H,1-4H3. The minimum absolute atomic E-state index is 0.289. The van der Waals surface area contributed by atoms with Gasteiger partial charge in [0.1, 0.15) is 0 Å². The largest absolute Gasteiger partial charge is 0.269 e. The van der Waals surface area contributed by atoms with E-state index in [1.54, 1.807) is 0 Å². The zero-order valence-electron chi connectivity index (χ0n) is 15.1. The van der Waals surface area contributed by atoms with Crippen LogP contribution in [0.5, 0.6) is 0 Å². The van der Waals surface area contributed by atoms with Gasteiger partial charge >= 0.3 is 0 Å². The lowest BCUT2D eigenvalue weighted by Crippen LogP contribution is -2.29. The van der Waals surface area contributed by atoms with E-state index in [2.05, 4.69) is 45.9 Å². The van der Waals surface area contributed by atoms with Gasteiger partial charge in [-0.15, -0.1) is 0 Å². The summed E-state index contributed by atoms with van der Waals surface area (Å²) in [4.78, 5) is 24.8. The molecule has 0 spiro atoms. The molecule has 1 aliphatic rings. The number of carbonyl (C=O) groups is 2. The summed E-state index contributed by atoms with van der Waals surface area (Å²) in [6.45, 7) is 8.76. The summed E-state index contributed by atoms with van der Waals surface area (Å²) >= 11 is 0. The molecule has 2 amide bonds. The normalized spacial score (nSPS) is 14.2. The van der Waals surface area contributed by atoms with Crippen molar-refractivity contribution in [3.8, 4) is 11.1 Å². The molecule has 25 heavy (non-hydrogen) atoms. The third-order valence-corrected chi connectivity index (χ3v) is 4.61. The predicted molar refractivity (Wildman–Crippen MR) is 102 cm³/mol. The van der Waals surface area contributed by atoms with Crippen molar-refractivity contribution in [2.24, 2.45) is 0 Å². The lowest BCUT2D eigenvalue weighted by Gasteiger charge is -2.18. The Morgan fingerprint density at radius 3 is 1.88 bits per heavy atom. The second-order valence-corrected chi connectivity index (χ2v) is 7.05. The smallest absolute Gasteiger partial charge is 0.258 e. The Morgan fingerprint density at radius 1 is 0.760 bits per heavy atom. The summed E-state index contributed by atoms with van der Waals surface area (Å²) in [5.74, 6) is 0.303. The maximum atomic E-state index is 11.8. The molecule has 0 saturated carbocycles. The number of carbonyl (C=O) groups excluding carboxylic acids is 2. The predicted octanol–water partition coefficient (Wildman–Crippen LogP) is 5.03. The van der Waals surface area contributed by atoms with E-state index in [0.717, 1.165) is 5.56 Å². The van der Waals surface area contributed by atoms with Gasteiger partial charge in [-0.25, -0.2) is 4.90 Å². The first-order valence-electron chi connectivity index (χ1n) is 8.69. The third kappa shape index (κ3) is 3.27. The quantitative estimate of drug-likeness (QED) is 0.736. The summed E-state index contributed by atoms with van der Waals surface area (Å²) in [5, 5.41) is 0. The average Bonchev–Trinajstić information content (AvgIpc) is 2.93. The molecule has 3 nitrogen and oxygen atoms in total. The zero-order chi connectivity index (χ0) is 18.1. The van der Waals surface area contributed by atoms with Crippen molar-refractivity contribution < 1.29 is 9.59 Å². The van der Waals surface area contributed by atoms with Crippen molar-refractivity contribution in [2.45, 2.75) is 39.5 Å². The van der Waals surface area contributed by atoms with Gasteiger partial charge in [-0.3, -0.25) is 9.59 Å². The average molecular weight is 333 g/mol. The van der Waals surface area contributed by atoms with Crippen LogP contribution in [0.3, 0.4) is 0 Å². The number of hydrogen-bond acceptors (Lipinski definition) is 2. The number of hydrogen-bond donors (Lipinski definition) is 0. The van der Waals surface area contributed by atoms with Crippen LogP contribution in [0.4, 0.5) is 5.69 Å². The van der Waals surface area contributed by atoms with E-state index in [1.165, 1.54) is 33.7 Å². The van der Waals surface area contributed by atoms with E-state index in [1.807, 2.05) is 24.3 Å². The summed E-state index contributed by atoms with van der Waals surface area (Å²) in [6.07, 6.45) is 2.61. The Bertz CT molecular complexity index is 827. The van der Waals surface area contributed by atoms with Crippen LogP contribution in [-0.2, 0) is 9.59 Å². The molecule has 0 saturated heterocycles. The van der Waals surface area contributed by atoms with Crippen molar-refractivity contribution >= 4 is 17.5 Å². The Morgan fingerprint density at radius 2 is 1.36 bits per heavy atom. The van der Waals surface area contributed by atoms with Crippen molar-refractivity contribution in [3.63, 3.8) is 0 Å². The van der Waals surface area contributed by atoms with Gasteiger partial charge in [0, 0.05) is 12.2 Å². The molecule has 0 N–H and O–H groups in total. The highest BCUT2D eigenvalue weighted by Crippen LogP contribution is 2.33. The highest BCUT2D eigenvalue weighted by atomic mass is 16.2. The van der Waals surface area contributed by atoms with Gasteiger partial charge in [-0.05, 0) is 46.2 Å². The SMILES string of the molecule is CC(C)c1ccc(C(C)C)c(-c2ccc(N3C(=O)C=CC3=O)cc2)c1. The fraction of sp³-hybridized carbons (Fsp3) is 0.273. The van der Waals surface area contributed by atoms with E-state index in [-0.39, 0.29) is 11.8 Å². The van der Waals surface area contributed by atoms with E-state index >= 15 is 0 Å². The molecule has 128 valence electrons. The lowest BCUT2D eigenvalue weighted by molar-refractivity contribution is -0.119. The van der Waals surface area contributed by atoms with Crippen LogP contribution >= 0.6 is 0 Å². The molecule has 2 aromatic carbocycles. The molecule has 1 heterocycles. The third-order valence-electron chi connectivity index (χ3n) is 4.61. The maximum absolute atomic E-state index is 11.8. The molecule has 0 radical (unpaired) electrons. The summed E-state index contributed by atoms with van der Waals surface area (Å²) in [5.41, 5.74) is 5.52. The number of nitrogens with zero attached hydrogens (tertiary/aromatic N) is 1. The highest BCUT2D eigenvalue weighted by Gasteiger charge is 2.25. The van der Waals surface area contributed by atoms with E-state index in [4.69, 9.17) is 0 Å². The molecule has 0 atom stereocenters. The first kappa shape index (κ1) is 17.2. The van der Waals surface area contributed by atoms with Gasteiger partial charge < -0.3 is 0 Å². The maximum Gasteiger partial charge on any atom is 0.258 e. The van der Waals surface area contributed by atoms with Gasteiger partial charge in [-0.2, -0.15) is 0 Å². The van der Waals surface area contributed by atoms with Crippen LogP contribution in [-0.4, -0.2) is 11.8 Å². The number of amides is 2. The molecule has 3 heteroatoms. The molecule has 3 rings (SSSR count). The molecule has 0 fully saturated rings. The van der Waals surface area contributed by atoms with Crippen LogP contribution in [0.25, 0.3) is 11.1 Å². The molecule has 1 aliphatic heterocycles. The van der Waals surface area contributed by atoms with Crippen LogP contribution in [0.1, 0.15) is 50.7 Å². The molecule has 0 bridgehead atoms. The second-order valence-electron chi connectivity index (χ2n) is 7.05. The van der Waals surface area contributed by atoms with Gasteiger partial charge in [0.15, 0.2) is 0 Å². The van der Waals surface area contributed by atoms with Crippen molar-refractivity contribution in [1.82, 2.24) is 0 Å². The zero-order valence-corrected chi connectivity index (χ0v) is 15.1. The first-order valence-corrected chi connectivity index (χ1v) is 8.69. The molecule has 0 aliphatic carbocycles. The van der Waals surface area contributed by atoms with E-state index in [0.29, 0.717) is 17.5 Å². The molecular formula is C22H23NO2. The minimum atomic E-state index is -0.289. The molecule has 0 unspecified atom stereocenters. The topological polar surface area (TPSA) is 37.4 Å². The van der Waals surface area contributed by atoms with Gasteiger partial charge in [0.2, 0.25) is 0 Å². The van der Waals surface area contributed by atoms with Crippen molar-refractivity contribution in [1.29, 1.82) is 0 Å². The highest BCUT2D eigenvalue weighted by molar-refractivity contribution is 6.28. The van der Waals surface area contributed by atoms with E-state index in [9.17, 15) is 9.59 Å². The summed E-state index contributed by atoms with van der Waals surface area (Å²) in [7, 11) is 0. The van der Waals surface area contributed by atoms with Crippen molar-refractivity contribution in [2.75, 3.05) is 4.90 Å². The number of anilines is 1. The lowest BCUT2D eigenvalue weighted by atomic mass is 9.88. The Kier molecular flexibility index (Phi) is 4.58. The van der Waals surface area contributed by atoms with E-state index < -0.39 is 0 Å². The summed E-state index contributed by atoms with van der Waals surface area (Å²) < 4.78 is 0. The van der Waals surface area contributed by atoms with Crippen molar-refractivity contribution in [3.05, 3.63) is 65.7 Å². The Balaban J connectivity index is 2.01.